The molecule has 0 saturated carbocycles. The molecule has 26 heavy (non-hydrogen) atoms. The van der Waals surface area contributed by atoms with Gasteiger partial charge in [0.1, 0.15) is 5.76 Å². The van der Waals surface area contributed by atoms with E-state index in [2.05, 4.69) is 31.4 Å². The smallest absolute Gasteiger partial charge is 0.417 e. The van der Waals surface area contributed by atoms with Crippen LogP contribution >= 0.6 is 27.5 Å². The van der Waals surface area contributed by atoms with E-state index < -0.39 is 17.6 Å². The Kier molecular flexibility index (Phi) is 5.05. The van der Waals surface area contributed by atoms with Crippen LogP contribution in [0.1, 0.15) is 17.1 Å². The normalized spacial score (nSPS) is 12.2. The summed E-state index contributed by atoms with van der Waals surface area (Å²) in [5.74, 6) is 0.0874. The Morgan fingerprint density at radius 2 is 2.15 bits per heavy atom. The van der Waals surface area contributed by atoms with E-state index >= 15 is 0 Å². The summed E-state index contributed by atoms with van der Waals surface area (Å²) >= 11 is 8.96. The molecule has 0 spiro atoms. The van der Waals surface area contributed by atoms with E-state index in [1.165, 1.54) is 12.2 Å². The van der Waals surface area contributed by atoms with Gasteiger partial charge >= 0.3 is 6.18 Å². The number of carbonyl (C=O) groups is 1. The highest BCUT2D eigenvalue weighted by Gasteiger charge is 2.32. The Hall–Kier alpha value is -2.33. The second kappa shape index (κ2) is 7.12. The van der Waals surface area contributed by atoms with Crippen molar-refractivity contribution in [3.05, 3.63) is 57.3 Å². The van der Waals surface area contributed by atoms with Crippen molar-refractivity contribution in [3.63, 3.8) is 0 Å². The monoisotopic (exact) mass is 448 g/mol. The summed E-state index contributed by atoms with van der Waals surface area (Å²) in [6, 6.07) is 4.10. The van der Waals surface area contributed by atoms with Crippen molar-refractivity contribution < 1.29 is 22.4 Å². The summed E-state index contributed by atoms with van der Waals surface area (Å²) in [7, 11) is 0. The minimum Gasteiger partial charge on any atom is -0.450 e. The summed E-state index contributed by atoms with van der Waals surface area (Å²) < 4.78 is 45.5. The number of fused-ring (bicyclic) bond motifs is 1. The van der Waals surface area contributed by atoms with Crippen molar-refractivity contribution in [2.45, 2.75) is 12.7 Å². The maximum atomic E-state index is 12.9. The zero-order valence-electron chi connectivity index (χ0n) is 12.7. The van der Waals surface area contributed by atoms with Crippen LogP contribution in [0.5, 0.6) is 0 Å². The number of hydrogen-bond acceptors (Lipinski definition) is 4. The highest BCUT2D eigenvalue weighted by Crippen LogP contribution is 2.32. The van der Waals surface area contributed by atoms with Crippen LogP contribution in [0, 0.1) is 0 Å². The molecule has 0 fully saturated rings. The van der Waals surface area contributed by atoms with Gasteiger partial charge < -0.3 is 9.73 Å². The predicted octanol–water partition coefficient (Wildman–Crippen LogP) is 4.09. The molecule has 6 nitrogen and oxygen atoms in total. The third kappa shape index (κ3) is 4.07. The largest absolute Gasteiger partial charge is 0.450 e. The molecule has 0 aliphatic rings. The number of nitrogens with one attached hydrogen (secondary N) is 1. The average Bonchev–Trinajstić information content (AvgIpc) is 3.16. The Bertz CT molecular complexity index is 997. The molecule has 3 aromatic rings. The molecule has 0 radical (unpaired) electrons. The number of alkyl halides is 3. The molecule has 0 unspecified atom stereocenters. The van der Waals surface area contributed by atoms with Crippen LogP contribution in [-0.2, 0) is 17.5 Å². The Morgan fingerprint density at radius 3 is 2.81 bits per heavy atom. The van der Waals surface area contributed by atoms with Crippen LogP contribution in [0.2, 0.25) is 5.02 Å². The van der Waals surface area contributed by atoms with Gasteiger partial charge in [-0.25, -0.2) is 0 Å². The van der Waals surface area contributed by atoms with Gasteiger partial charge in [0, 0.05) is 12.3 Å². The molecule has 3 aromatic heterocycles. The summed E-state index contributed by atoms with van der Waals surface area (Å²) in [4.78, 5) is 11.8. The van der Waals surface area contributed by atoms with E-state index in [4.69, 9.17) is 16.0 Å². The van der Waals surface area contributed by atoms with Crippen molar-refractivity contribution >= 4 is 45.2 Å². The number of nitrogens with zero attached hydrogens (tertiary/aromatic N) is 3. The summed E-state index contributed by atoms with van der Waals surface area (Å²) in [6.45, 7) is -0.135. The molecular weight excluding hydrogens is 441 g/mol. The van der Waals surface area contributed by atoms with E-state index in [1.54, 1.807) is 12.1 Å². The first-order valence-electron chi connectivity index (χ1n) is 7.05. The van der Waals surface area contributed by atoms with Gasteiger partial charge in [-0.1, -0.05) is 11.6 Å². The first-order valence-corrected chi connectivity index (χ1v) is 8.23. The number of aromatic nitrogens is 3. The number of carbonyl (C=O) groups excluding carboxylic acids is 1. The van der Waals surface area contributed by atoms with Gasteiger partial charge in [0.25, 0.3) is 0 Å². The third-order valence-corrected chi connectivity index (χ3v) is 3.98. The first kappa shape index (κ1) is 18.5. The number of hydrogen-bond donors (Lipinski definition) is 1. The highest BCUT2D eigenvalue weighted by molar-refractivity contribution is 9.10. The topological polar surface area (TPSA) is 72.4 Å². The zero-order valence-corrected chi connectivity index (χ0v) is 15.1. The van der Waals surface area contributed by atoms with Crippen molar-refractivity contribution in [1.82, 2.24) is 19.9 Å². The van der Waals surface area contributed by atoms with Crippen LogP contribution in [0.25, 0.3) is 11.7 Å². The van der Waals surface area contributed by atoms with Crippen LogP contribution in [0.3, 0.4) is 0 Å². The molecule has 0 aromatic carbocycles. The quantitative estimate of drug-likeness (QED) is 0.609. The molecule has 0 bridgehead atoms. The number of halogens is 5. The van der Waals surface area contributed by atoms with Crippen molar-refractivity contribution in [3.8, 4) is 0 Å². The lowest BCUT2D eigenvalue weighted by molar-refractivity contribution is -0.137. The number of amides is 1. The van der Waals surface area contributed by atoms with Crippen molar-refractivity contribution in [2.75, 3.05) is 0 Å². The van der Waals surface area contributed by atoms with Gasteiger partial charge in [-0.2, -0.15) is 13.2 Å². The fourth-order valence-electron chi connectivity index (χ4n) is 2.08. The fraction of sp³-hybridized carbons (Fsp3) is 0.133. The number of pyridine rings is 1. The van der Waals surface area contributed by atoms with Gasteiger partial charge in [0.15, 0.2) is 16.1 Å². The zero-order chi connectivity index (χ0) is 18.9. The van der Waals surface area contributed by atoms with Crippen LogP contribution in [0.15, 0.2) is 39.6 Å². The number of rotatable bonds is 4. The van der Waals surface area contributed by atoms with E-state index in [0.29, 0.717) is 10.4 Å². The lowest BCUT2D eigenvalue weighted by atomic mass is 10.2. The summed E-state index contributed by atoms with van der Waals surface area (Å²) in [6.07, 6.45) is -1.06. The van der Waals surface area contributed by atoms with Gasteiger partial charge in [0.2, 0.25) is 5.91 Å². The second-order valence-electron chi connectivity index (χ2n) is 5.08. The first-order chi connectivity index (χ1) is 12.2. The van der Waals surface area contributed by atoms with Crippen molar-refractivity contribution in [1.29, 1.82) is 0 Å². The molecule has 3 heterocycles. The third-order valence-electron chi connectivity index (χ3n) is 3.27. The molecule has 1 amide bonds. The summed E-state index contributed by atoms with van der Waals surface area (Å²) in [5.41, 5.74) is -0.870. The van der Waals surface area contributed by atoms with E-state index in [1.807, 2.05) is 0 Å². The SMILES string of the molecule is O=C(/C=C/c1ccc(Br)o1)NCc1nnc2c(Cl)cc(C(F)(F)F)cn12. The lowest BCUT2D eigenvalue weighted by Gasteiger charge is -2.09. The molecule has 0 atom stereocenters. The molecule has 11 heteroatoms. The molecule has 0 aliphatic carbocycles. The van der Waals surface area contributed by atoms with Crippen LogP contribution in [-0.4, -0.2) is 20.5 Å². The second-order valence-corrected chi connectivity index (χ2v) is 6.27. The fourth-order valence-corrected chi connectivity index (χ4v) is 2.64. The minimum atomic E-state index is -4.57. The van der Waals surface area contributed by atoms with Gasteiger partial charge in [-0.05, 0) is 40.2 Å². The Labute approximate surface area is 157 Å². The minimum absolute atomic E-state index is 0.0693. The predicted molar refractivity (Wildman–Crippen MR) is 90.3 cm³/mol. The van der Waals surface area contributed by atoms with E-state index in [9.17, 15) is 18.0 Å². The van der Waals surface area contributed by atoms with Gasteiger partial charge in [-0.15, -0.1) is 10.2 Å². The maximum absolute atomic E-state index is 12.9. The Morgan fingerprint density at radius 1 is 1.38 bits per heavy atom. The standard InChI is InChI=1S/C15H9BrClF3N4O2/c16-11-3-1-9(26-11)2-4-13(25)21-6-12-22-23-14-10(17)5-8(7-24(12)14)15(18,19)20/h1-5,7H,6H2,(H,21,25)/b4-2+. The molecule has 3 rings (SSSR count). The van der Waals surface area contributed by atoms with E-state index in [0.717, 1.165) is 16.7 Å². The highest BCUT2D eigenvalue weighted by atomic mass is 79.9. The van der Waals surface area contributed by atoms with Crippen LogP contribution < -0.4 is 5.32 Å². The molecule has 0 saturated heterocycles. The van der Waals surface area contributed by atoms with E-state index in [-0.39, 0.29) is 23.0 Å². The average molecular weight is 450 g/mol. The molecule has 136 valence electrons. The molecule has 1 N–H and O–H groups in total. The van der Waals surface area contributed by atoms with Crippen molar-refractivity contribution in [2.24, 2.45) is 0 Å². The molecule has 0 aliphatic heterocycles. The number of furan rings is 1. The van der Waals surface area contributed by atoms with Gasteiger partial charge in [0.05, 0.1) is 17.1 Å². The van der Waals surface area contributed by atoms with Crippen LogP contribution in [0.4, 0.5) is 13.2 Å². The molecular formula is C15H9BrClF3N4O2. The Balaban J connectivity index is 1.75. The van der Waals surface area contributed by atoms with Gasteiger partial charge in [-0.3, -0.25) is 9.20 Å². The maximum Gasteiger partial charge on any atom is 0.417 e. The summed E-state index contributed by atoms with van der Waals surface area (Å²) in [5, 5.41) is 9.83. The lowest BCUT2D eigenvalue weighted by Crippen LogP contribution is -2.22.